The van der Waals surface area contributed by atoms with Crippen LogP contribution in [0.3, 0.4) is 0 Å². The molecule has 0 saturated heterocycles. The largest absolute Gasteiger partial charge is 0.483 e. The molecule has 2 aromatic heterocycles. The molecule has 0 fully saturated rings. The van der Waals surface area contributed by atoms with E-state index in [4.69, 9.17) is 14.1 Å². The number of aromatic nitrogens is 2. The van der Waals surface area contributed by atoms with Gasteiger partial charge < -0.3 is 9.15 Å². The average Bonchev–Trinajstić information content (AvgIpc) is 3.84. The number of hydrogen-bond acceptors (Lipinski definition) is 3. The second-order valence-electron chi connectivity index (χ2n) is 14.2. The monoisotopic (exact) mass is 722 g/mol. The first-order valence-electron chi connectivity index (χ1n) is 18.7. The summed E-state index contributed by atoms with van der Waals surface area (Å²) in [5.74, 6) is 1.80. The maximum Gasteiger partial charge on any atom is 0.179 e. The molecule has 0 radical (unpaired) electrons. The number of ether oxygens (including phenoxy) is 1. The Morgan fingerprint density at radius 1 is 0.491 bits per heavy atom. The minimum absolute atomic E-state index is 0.447. The van der Waals surface area contributed by atoms with Gasteiger partial charge in [-0.25, -0.2) is 4.98 Å². The molecule has 5 heteroatoms. The van der Waals surface area contributed by atoms with E-state index in [2.05, 4.69) is 174 Å². The van der Waals surface area contributed by atoms with Crippen LogP contribution in [-0.2, 0) is 6.61 Å². The smallest absolute Gasteiger partial charge is 0.179 e. The zero-order valence-electron chi connectivity index (χ0n) is 29.9. The molecule has 11 rings (SSSR count). The van der Waals surface area contributed by atoms with Crippen LogP contribution in [0.2, 0.25) is 0 Å². The quantitative estimate of drug-likeness (QED) is 0.127. The molecule has 260 valence electrons. The fourth-order valence-electron chi connectivity index (χ4n) is 8.78. The molecule has 3 heterocycles. The van der Waals surface area contributed by atoms with Crippen LogP contribution in [0, 0.1) is 0 Å². The lowest BCUT2D eigenvalue weighted by Gasteiger charge is -2.35. The first kappa shape index (κ1) is 31.6. The fourth-order valence-corrected chi connectivity index (χ4v) is 13.6. The van der Waals surface area contributed by atoms with E-state index in [-0.39, 0.29) is 0 Å². The molecule has 0 N–H and O–H groups in total. The lowest BCUT2D eigenvalue weighted by Crippen LogP contribution is -2.74. The van der Waals surface area contributed by atoms with Crippen molar-refractivity contribution in [3.63, 3.8) is 0 Å². The Morgan fingerprint density at radius 3 is 1.91 bits per heavy atom. The van der Waals surface area contributed by atoms with E-state index in [1.807, 2.05) is 24.3 Å². The number of para-hydroxylation sites is 4. The van der Waals surface area contributed by atoms with Gasteiger partial charge in [-0.05, 0) is 67.8 Å². The Morgan fingerprint density at radius 2 is 1.11 bits per heavy atom. The van der Waals surface area contributed by atoms with Crippen LogP contribution < -0.4 is 25.5 Å². The molecule has 0 amide bonds. The minimum atomic E-state index is -2.90. The summed E-state index contributed by atoms with van der Waals surface area (Å²) in [6.45, 7) is 0.447. The summed E-state index contributed by atoms with van der Waals surface area (Å²) in [6, 6.07) is 70.3. The number of imidazole rings is 1. The van der Waals surface area contributed by atoms with Crippen molar-refractivity contribution in [3.8, 4) is 33.7 Å². The van der Waals surface area contributed by atoms with Crippen molar-refractivity contribution < 1.29 is 9.15 Å². The summed E-state index contributed by atoms with van der Waals surface area (Å²) in [4.78, 5) is 5.07. The summed E-state index contributed by atoms with van der Waals surface area (Å²) < 4.78 is 14.8. The van der Waals surface area contributed by atoms with Crippen molar-refractivity contribution >= 4 is 61.8 Å². The first-order valence-corrected chi connectivity index (χ1v) is 20.7. The van der Waals surface area contributed by atoms with E-state index in [1.165, 1.54) is 20.7 Å². The zero-order chi connectivity index (χ0) is 36.3. The molecule has 4 nitrogen and oxygen atoms in total. The van der Waals surface area contributed by atoms with Gasteiger partial charge in [-0.3, -0.25) is 4.57 Å². The van der Waals surface area contributed by atoms with Gasteiger partial charge in [0.25, 0.3) is 0 Å². The molecule has 8 aromatic carbocycles. The Hall–Kier alpha value is -6.95. The predicted molar refractivity (Wildman–Crippen MR) is 227 cm³/mol. The summed E-state index contributed by atoms with van der Waals surface area (Å²) in [5.41, 5.74) is 9.42. The third-order valence-electron chi connectivity index (χ3n) is 11.2. The molecule has 0 spiro atoms. The Kier molecular flexibility index (Phi) is 7.22. The summed E-state index contributed by atoms with van der Waals surface area (Å²) in [6.07, 6.45) is 0. The van der Waals surface area contributed by atoms with Crippen LogP contribution in [0.4, 0.5) is 0 Å². The van der Waals surface area contributed by atoms with Gasteiger partial charge in [-0.1, -0.05) is 164 Å². The number of nitrogens with zero attached hydrogens (tertiary/aromatic N) is 2. The van der Waals surface area contributed by atoms with Crippen molar-refractivity contribution in [2.24, 2.45) is 0 Å². The highest BCUT2D eigenvalue weighted by molar-refractivity contribution is 7.20. The van der Waals surface area contributed by atoms with E-state index in [1.54, 1.807) is 0 Å². The molecule has 0 saturated carbocycles. The van der Waals surface area contributed by atoms with Crippen molar-refractivity contribution in [1.82, 2.24) is 9.55 Å². The molecule has 0 bridgehead atoms. The van der Waals surface area contributed by atoms with Gasteiger partial charge in [0.05, 0.1) is 16.7 Å². The topological polar surface area (TPSA) is 40.2 Å². The van der Waals surface area contributed by atoms with E-state index in [0.29, 0.717) is 6.61 Å². The molecule has 1 aliphatic heterocycles. The van der Waals surface area contributed by atoms with Crippen LogP contribution in [0.1, 0.15) is 5.82 Å². The lowest BCUT2D eigenvalue weighted by atomic mass is 10.0. The number of rotatable bonds is 6. The predicted octanol–water partition coefficient (Wildman–Crippen LogP) is 9.53. The third kappa shape index (κ3) is 4.94. The Bertz CT molecular complexity index is 3020. The van der Waals surface area contributed by atoms with Crippen LogP contribution in [-0.4, -0.2) is 17.6 Å². The highest BCUT2D eigenvalue weighted by Gasteiger charge is 2.41. The lowest BCUT2D eigenvalue weighted by molar-refractivity contribution is 0.280. The van der Waals surface area contributed by atoms with Crippen molar-refractivity contribution in [3.05, 3.63) is 200 Å². The van der Waals surface area contributed by atoms with Crippen molar-refractivity contribution in [2.45, 2.75) is 6.61 Å². The second-order valence-corrected chi connectivity index (χ2v) is 18.1. The standard InChI is InChI=1S/C50H34N2O2Si/c1-3-16-37(17-4-1)55(38-18-5-2-6-19-38,40-21-12-15-36(31-40)41-23-13-24-43-42-22-7-9-26-47(42)54-50(41)43)39-20-11-14-34(30-39)35-28-29-45-44(32-35)51-49-33-53-48-27-10-8-25-46(48)52(45)49/h1-32H,33H2. The van der Waals surface area contributed by atoms with E-state index in [9.17, 15) is 0 Å². The fraction of sp³-hybridized carbons (Fsp3) is 0.0200. The van der Waals surface area contributed by atoms with Gasteiger partial charge in [-0.15, -0.1) is 0 Å². The molecule has 1 aliphatic rings. The normalized spacial score (nSPS) is 12.4. The summed E-state index contributed by atoms with van der Waals surface area (Å²) in [7, 11) is -2.90. The Labute approximate surface area is 319 Å². The van der Waals surface area contributed by atoms with Crippen LogP contribution in [0.5, 0.6) is 5.75 Å². The van der Waals surface area contributed by atoms with Crippen LogP contribution >= 0.6 is 0 Å². The molecule has 0 unspecified atom stereocenters. The first-order chi connectivity index (χ1) is 27.3. The zero-order valence-corrected chi connectivity index (χ0v) is 30.9. The molecule has 55 heavy (non-hydrogen) atoms. The van der Waals surface area contributed by atoms with Gasteiger partial charge in [0.1, 0.15) is 23.5 Å². The highest BCUT2D eigenvalue weighted by atomic mass is 28.3. The molecule has 0 aliphatic carbocycles. The van der Waals surface area contributed by atoms with Gasteiger partial charge in [-0.2, -0.15) is 0 Å². The minimum Gasteiger partial charge on any atom is -0.483 e. The number of fused-ring (bicyclic) bond motifs is 8. The molecule has 0 atom stereocenters. The average molecular weight is 723 g/mol. The van der Waals surface area contributed by atoms with Gasteiger partial charge >= 0.3 is 0 Å². The molecular weight excluding hydrogens is 689 g/mol. The molecular formula is C50H34N2O2Si. The Balaban J connectivity index is 1.11. The number of hydrogen-bond donors (Lipinski definition) is 0. The van der Waals surface area contributed by atoms with E-state index >= 15 is 0 Å². The maximum absolute atomic E-state index is 6.55. The summed E-state index contributed by atoms with van der Waals surface area (Å²) in [5, 5.41) is 7.54. The van der Waals surface area contributed by atoms with Crippen LogP contribution in [0.15, 0.2) is 199 Å². The SMILES string of the molecule is c1ccc([Si](c2ccccc2)(c2cccc(-c3ccc4c(c3)nc3n4-c4ccccc4OC3)c2)c2cccc(-c3cccc4c3oc3ccccc34)c2)cc1. The van der Waals surface area contributed by atoms with Crippen molar-refractivity contribution in [2.75, 3.05) is 0 Å². The van der Waals surface area contributed by atoms with E-state index in [0.717, 1.165) is 72.5 Å². The number of furan rings is 1. The number of benzene rings is 8. The van der Waals surface area contributed by atoms with Gasteiger partial charge in [0.15, 0.2) is 13.9 Å². The van der Waals surface area contributed by atoms with Gasteiger partial charge in [0, 0.05) is 16.3 Å². The van der Waals surface area contributed by atoms with E-state index < -0.39 is 8.07 Å². The maximum atomic E-state index is 6.55. The molecule has 10 aromatic rings. The van der Waals surface area contributed by atoms with Crippen molar-refractivity contribution in [1.29, 1.82) is 0 Å². The highest BCUT2D eigenvalue weighted by Crippen LogP contribution is 2.37. The second kappa shape index (κ2) is 12.6. The summed E-state index contributed by atoms with van der Waals surface area (Å²) >= 11 is 0. The third-order valence-corrected chi connectivity index (χ3v) is 16.0. The van der Waals surface area contributed by atoms with Crippen LogP contribution in [0.25, 0.3) is 60.9 Å². The van der Waals surface area contributed by atoms with Gasteiger partial charge in [0.2, 0.25) is 0 Å².